The van der Waals surface area contributed by atoms with Crippen molar-refractivity contribution >= 4 is 27.5 Å². The number of hydrogen-bond acceptors (Lipinski definition) is 4. The number of halogens is 3. The number of alkyl halides is 3. The first-order chi connectivity index (χ1) is 10.3. The number of nitrogens with zero attached hydrogens (tertiary/aromatic N) is 2. The summed E-state index contributed by atoms with van der Waals surface area (Å²) in [5, 5.41) is 2.68. The van der Waals surface area contributed by atoms with Crippen molar-refractivity contribution in [1.82, 2.24) is 15.3 Å². The molecule has 4 nitrogen and oxygen atoms in total. The van der Waals surface area contributed by atoms with Gasteiger partial charge in [-0.3, -0.25) is 4.79 Å². The van der Waals surface area contributed by atoms with E-state index in [2.05, 4.69) is 9.97 Å². The fourth-order valence-corrected chi connectivity index (χ4v) is 3.52. The highest BCUT2D eigenvalue weighted by Crippen LogP contribution is 2.40. The molecule has 2 aromatic heterocycles. The summed E-state index contributed by atoms with van der Waals surface area (Å²) in [5.74, 6) is 0.437. The number of aromatic nitrogens is 2. The molecule has 1 N–H and O–H groups in total. The third-order valence-corrected chi connectivity index (χ3v) is 4.77. The van der Waals surface area contributed by atoms with Crippen molar-refractivity contribution in [3.05, 3.63) is 22.0 Å². The second-order valence-corrected chi connectivity index (χ2v) is 6.47. The Labute approximate surface area is 128 Å². The Hall–Kier alpha value is -1.70. The van der Waals surface area contributed by atoms with E-state index < -0.39 is 18.6 Å². The Kier molecular flexibility index (Phi) is 3.58. The van der Waals surface area contributed by atoms with Gasteiger partial charge in [0.25, 0.3) is 5.91 Å². The Bertz CT molecular complexity index is 750. The van der Waals surface area contributed by atoms with Crippen molar-refractivity contribution in [3.8, 4) is 0 Å². The lowest BCUT2D eigenvalue weighted by molar-refractivity contribution is -0.123. The fourth-order valence-electron chi connectivity index (χ4n) is 2.36. The molecule has 0 aromatic carbocycles. The molecule has 2 heterocycles. The first kappa shape index (κ1) is 15.2. The fraction of sp³-hybridized carbons (Fsp3) is 0.500. The topological polar surface area (TPSA) is 54.9 Å². The SMILES string of the molecule is Cc1nc(C2CC2)nc2sc(C(=O)NCC(F)(F)F)c(C)c12. The number of thiophene rings is 1. The van der Waals surface area contributed by atoms with Gasteiger partial charge in [-0.15, -0.1) is 11.3 Å². The van der Waals surface area contributed by atoms with Gasteiger partial charge in [-0.05, 0) is 32.3 Å². The van der Waals surface area contributed by atoms with Gasteiger partial charge in [0.05, 0.1) is 10.6 Å². The zero-order valence-corrected chi connectivity index (χ0v) is 12.9. The van der Waals surface area contributed by atoms with Crippen LogP contribution in [0.25, 0.3) is 10.2 Å². The van der Waals surface area contributed by atoms with Crippen molar-refractivity contribution in [2.45, 2.75) is 38.8 Å². The molecule has 1 aliphatic rings. The van der Waals surface area contributed by atoms with Gasteiger partial charge in [0.2, 0.25) is 0 Å². The molecule has 1 amide bonds. The number of fused-ring (bicyclic) bond motifs is 1. The monoisotopic (exact) mass is 329 g/mol. The Morgan fingerprint density at radius 2 is 2.00 bits per heavy atom. The van der Waals surface area contributed by atoms with E-state index >= 15 is 0 Å². The minimum atomic E-state index is -4.42. The van der Waals surface area contributed by atoms with Crippen LogP contribution >= 0.6 is 11.3 Å². The molecule has 1 fully saturated rings. The predicted molar refractivity (Wildman–Crippen MR) is 77.3 cm³/mol. The lowest BCUT2D eigenvalue weighted by atomic mass is 10.1. The van der Waals surface area contributed by atoms with Crippen molar-refractivity contribution in [1.29, 1.82) is 0 Å². The molecule has 0 bridgehead atoms. The van der Waals surface area contributed by atoms with Gasteiger partial charge >= 0.3 is 6.18 Å². The molecule has 0 radical (unpaired) electrons. The maximum absolute atomic E-state index is 12.2. The summed E-state index contributed by atoms with van der Waals surface area (Å²) in [7, 11) is 0. The molecule has 1 aliphatic carbocycles. The first-order valence-corrected chi connectivity index (χ1v) is 7.70. The molecule has 0 unspecified atom stereocenters. The lowest BCUT2D eigenvalue weighted by Gasteiger charge is -2.07. The van der Waals surface area contributed by atoms with E-state index in [0.717, 1.165) is 41.1 Å². The standard InChI is InChI=1S/C14H14F3N3OS/c1-6-9-7(2)19-11(8-3-4-8)20-13(9)22-10(6)12(21)18-5-14(15,16)17/h8H,3-5H2,1-2H3,(H,18,21). The number of hydrogen-bond donors (Lipinski definition) is 1. The third-order valence-electron chi connectivity index (χ3n) is 3.59. The quantitative estimate of drug-likeness (QED) is 0.938. The number of nitrogens with one attached hydrogen (secondary N) is 1. The van der Waals surface area contributed by atoms with Crippen molar-refractivity contribution in [3.63, 3.8) is 0 Å². The van der Waals surface area contributed by atoms with Crippen molar-refractivity contribution < 1.29 is 18.0 Å². The molecule has 0 atom stereocenters. The average molecular weight is 329 g/mol. The number of amides is 1. The van der Waals surface area contributed by atoms with Gasteiger partial charge < -0.3 is 5.32 Å². The van der Waals surface area contributed by atoms with Gasteiger partial charge in [-0.25, -0.2) is 9.97 Å². The zero-order chi connectivity index (χ0) is 16.1. The largest absolute Gasteiger partial charge is 0.405 e. The number of rotatable bonds is 3. The van der Waals surface area contributed by atoms with Crippen LogP contribution in [-0.4, -0.2) is 28.6 Å². The van der Waals surface area contributed by atoms with Crippen LogP contribution in [0.5, 0.6) is 0 Å². The summed E-state index contributed by atoms with van der Waals surface area (Å²) in [4.78, 5) is 21.9. The summed E-state index contributed by atoms with van der Waals surface area (Å²) in [6, 6.07) is 0. The van der Waals surface area contributed by atoms with E-state index in [0.29, 0.717) is 16.3 Å². The molecule has 0 spiro atoms. The highest BCUT2D eigenvalue weighted by Gasteiger charge is 2.30. The van der Waals surface area contributed by atoms with Gasteiger partial charge in [-0.2, -0.15) is 13.2 Å². The van der Waals surface area contributed by atoms with Crippen LogP contribution in [0.2, 0.25) is 0 Å². The van der Waals surface area contributed by atoms with Crippen LogP contribution in [0.15, 0.2) is 0 Å². The maximum Gasteiger partial charge on any atom is 0.405 e. The first-order valence-electron chi connectivity index (χ1n) is 6.89. The molecule has 22 heavy (non-hydrogen) atoms. The molecule has 8 heteroatoms. The predicted octanol–water partition coefficient (Wildman–Crippen LogP) is 3.48. The van der Waals surface area contributed by atoms with Crippen LogP contribution in [-0.2, 0) is 0 Å². The Morgan fingerprint density at radius 1 is 1.32 bits per heavy atom. The molecular formula is C14H14F3N3OS. The number of aryl methyl sites for hydroxylation is 2. The summed E-state index contributed by atoms with van der Waals surface area (Å²) >= 11 is 1.13. The molecule has 118 valence electrons. The van der Waals surface area contributed by atoms with E-state index in [1.165, 1.54) is 0 Å². The minimum absolute atomic E-state index is 0.268. The summed E-state index contributed by atoms with van der Waals surface area (Å²) in [6.07, 6.45) is -2.29. The molecular weight excluding hydrogens is 315 g/mol. The van der Waals surface area contributed by atoms with Gasteiger partial charge in [0, 0.05) is 11.3 Å². The van der Waals surface area contributed by atoms with E-state index in [4.69, 9.17) is 0 Å². The second-order valence-electron chi connectivity index (χ2n) is 5.48. The average Bonchev–Trinajstić information content (AvgIpc) is 3.20. The van der Waals surface area contributed by atoms with E-state index in [9.17, 15) is 18.0 Å². The molecule has 3 rings (SSSR count). The lowest BCUT2D eigenvalue weighted by Crippen LogP contribution is -2.33. The van der Waals surface area contributed by atoms with Crippen LogP contribution in [0.4, 0.5) is 13.2 Å². The van der Waals surface area contributed by atoms with Gasteiger partial charge in [-0.1, -0.05) is 0 Å². The molecule has 1 saturated carbocycles. The third kappa shape index (κ3) is 2.92. The highest BCUT2D eigenvalue weighted by atomic mass is 32.1. The zero-order valence-electron chi connectivity index (χ0n) is 12.0. The van der Waals surface area contributed by atoms with E-state index in [-0.39, 0.29) is 4.88 Å². The summed E-state index contributed by atoms with van der Waals surface area (Å²) in [6.45, 7) is 2.22. The molecule has 2 aromatic rings. The molecule has 0 aliphatic heterocycles. The van der Waals surface area contributed by atoms with Crippen molar-refractivity contribution in [2.24, 2.45) is 0 Å². The Morgan fingerprint density at radius 3 is 2.59 bits per heavy atom. The van der Waals surface area contributed by atoms with E-state index in [1.54, 1.807) is 6.92 Å². The number of carbonyl (C=O) groups excluding carboxylic acids is 1. The molecule has 0 saturated heterocycles. The summed E-state index contributed by atoms with van der Waals surface area (Å²) in [5.41, 5.74) is 1.41. The van der Waals surface area contributed by atoms with Gasteiger partial charge in [0.15, 0.2) is 0 Å². The van der Waals surface area contributed by atoms with Crippen molar-refractivity contribution in [2.75, 3.05) is 6.54 Å². The normalized spacial score (nSPS) is 15.3. The smallest absolute Gasteiger partial charge is 0.342 e. The Balaban J connectivity index is 1.95. The van der Waals surface area contributed by atoms with Crippen LogP contribution < -0.4 is 5.32 Å². The minimum Gasteiger partial charge on any atom is -0.342 e. The highest BCUT2D eigenvalue weighted by molar-refractivity contribution is 7.20. The van der Waals surface area contributed by atoms with E-state index in [1.807, 2.05) is 12.2 Å². The maximum atomic E-state index is 12.2. The van der Waals surface area contributed by atoms with Gasteiger partial charge in [0.1, 0.15) is 17.2 Å². The summed E-state index contributed by atoms with van der Waals surface area (Å²) < 4.78 is 36.6. The van der Waals surface area contributed by atoms with Crippen LogP contribution in [0, 0.1) is 13.8 Å². The van der Waals surface area contributed by atoms with Crippen LogP contribution in [0.1, 0.15) is 45.5 Å². The van der Waals surface area contributed by atoms with Crippen LogP contribution in [0.3, 0.4) is 0 Å². The second kappa shape index (κ2) is 5.19. The number of carbonyl (C=O) groups is 1.